The number of hydrogen-bond acceptors (Lipinski definition) is 4. The molecule has 4 N–H and O–H groups in total. The minimum Gasteiger partial charge on any atom is -0.481 e. The summed E-state index contributed by atoms with van der Waals surface area (Å²) < 4.78 is 0. The lowest BCUT2D eigenvalue weighted by molar-refractivity contribution is -0.137. The Morgan fingerprint density at radius 1 is 1.35 bits per heavy atom. The van der Waals surface area contributed by atoms with Crippen molar-refractivity contribution in [2.45, 2.75) is 12.8 Å². The van der Waals surface area contributed by atoms with Crippen molar-refractivity contribution in [3.63, 3.8) is 0 Å². The van der Waals surface area contributed by atoms with E-state index in [9.17, 15) is 19.2 Å². The Labute approximate surface area is 94.7 Å². The highest BCUT2D eigenvalue weighted by Crippen LogP contribution is 1.89. The van der Waals surface area contributed by atoms with E-state index < -0.39 is 23.1 Å². The van der Waals surface area contributed by atoms with E-state index in [0.717, 1.165) is 6.20 Å². The number of nitrogens with one attached hydrogen (secondary N) is 3. The molecule has 1 amide bonds. The predicted molar refractivity (Wildman–Crippen MR) is 56.9 cm³/mol. The van der Waals surface area contributed by atoms with E-state index in [2.05, 4.69) is 10.3 Å². The van der Waals surface area contributed by atoms with Crippen LogP contribution in [0.2, 0.25) is 0 Å². The van der Waals surface area contributed by atoms with Crippen LogP contribution in [0.3, 0.4) is 0 Å². The molecule has 0 aliphatic carbocycles. The van der Waals surface area contributed by atoms with Crippen molar-refractivity contribution in [3.05, 3.63) is 32.6 Å². The van der Waals surface area contributed by atoms with Gasteiger partial charge in [0.05, 0.1) is 0 Å². The lowest BCUT2D eigenvalue weighted by Gasteiger charge is -2.02. The Morgan fingerprint density at radius 2 is 2.06 bits per heavy atom. The molecule has 92 valence electrons. The van der Waals surface area contributed by atoms with Crippen LogP contribution in [0.5, 0.6) is 0 Å². The lowest BCUT2D eigenvalue weighted by Crippen LogP contribution is -2.33. The molecule has 0 aromatic carbocycles. The predicted octanol–water partition coefficient (Wildman–Crippen LogP) is -1.34. The second-order valence-corrected chi connectivity index (χ2v) is 3.24. The molecule has 0 spiro atoms. The number of carbonyl (C=O) groups excluding carboxylic acids is 1. The molecular weight excluding hydrogens is 230 g/mol. The monoisotopic (exact) mass is 241 g/mol. The fourth-order valence-corrected chi connectivity index (χ4v) is 1.12. The largest absolute Gasteiger partial charge is 0.481 e. The molecule has 0 aliphatic rings. The second-order valence-electron chi connectivity index (χ2n) is 3.24. The van der Waals surface area contributed by atoms with Gasteiger partial charge in [-0.15, -0.1) is 0 Å². The zero-order chi connectivity index (χ0) is 12.8. The highest BCUT2D eigenvalue weighted by Gasteiger charge is 2.10. The fourth-order valence-electron chi connectivity index (χ4n) is 1.12. The zero-order valence-electron chi connectivity index (χ0n) is 8.78. The highest BCUT2D eigenvalue weighted by molar-refractivity contribution is 5.93. The number of amides is 1. The standard InChI is InChI=1S/C9H11N3O5/c13-6(14)2-1-3-10-7(15)5-4-11-9(17)12-8(5)16/h4H,1-3H2,(H,10,15)(H,13,14)(H2,11,12,16,17). The molecule has 0 bridgehead atoms. The van der Waals surface area contributed by atoms with Gasteiger partial charge in [-0.3, -0.25) is 19.4 Å². The van der Waals surface area contributed by atoms with Crippen LogP contribution >= 0.6 is 0 Å². The quantitative estimate of drug-likeness (QED) is 0.473. The Bertz CT molecular complexity index is 530. The van der Waals surface area contributed by atoms with E-state index in [0.29, 0.717) is 0 Å². The van der Waals surface area contributed by atoms with Crippen molar-refractivity contribution in [1.82, 2.24) is 15.3 Å². The molecule has 0 radical (unpaired) electrons. The normalized spacial score (nSPS) is 9.88. The number of aromatic nitrogens is 2. The minimum atomic E-state index is -0.957. The number of carbonyl (C=O) groups is 2. The van der Waals surface area contributed by atoms with Crippen molar-refractivity contribution in [1.29, 1.82) is 0 Å². The third-order valence-corrected chi connectivity index (χ3v) is 1.92. The van der Waals surface area contributed by atoms with Gasteiger partial charge in [0.25, 0.3) is 11.5 Å². The summed E-state index contributed by atoms with van der Waals surface area (Å²) in [7, 11) is 0. The number of aliphatic carboxylic acids is 1. The highest BCUT2D eigenvalue weighted by atomic mass is 16.4. The average molecular weight is 241 g/mol. The number of H-pyrrole nitrogens is 2. The first-order valence-electron chi connectivity index (χ1n) is 4.82. The molecule has 0 saturated heterocycles. The SMILES string of the molecule is O=C(O)CCCNC(=O)c1c[nH]c(=O)[nH]c1=O. The summed E-state index contributed by atoms with van der Waals surface area (Å²) >= 11 is 0. The van der Waals surface area contributed by atoms with Gasteiger partial charge < -0.3 is 15.4 Å². The van der Waals surface area contributed by atoms with Crippen molar-refractivity contribution in [3.8, 4) is 0 Å². The van der Waals surface area contributed by atoms with Gasteiger partial charge in [-0.1, -0.05) is 0 Å². The molecule has 0 aliphatic heterocycles. The van der Waals surface area contributed by atoms with E-state index in [4.69, 9.17) is 5.11 Å². The van der Waals surface area contributed by atoms with E-state index in [1.54, 1.807) is 0 Å². The molecule has 8 nitrogen and oxygen atoms in total. The summed E-state index contributed by atoms with van der Waals surface area (Å²) in [4.78, 5) is 47.6. The molecule has 0 atom stereocenters. The van der Waals surface area contributed by atoms with E-state index in [1.807, 2.05) is 4.98 Å². The maximum Gasteiger partial charge on any atom is 0.325 e. The van der Waals surface area contributed by atoms with Gasteiger partial charge in [0, 0.05) is 19.2 Å². The first-order valence-corrected chi connectivity index (χ1v) is 4.82. The third-order valence-electron chi connectivity index (χ3n) is 1.92. The Balaban J connectivity index is 2.56. The summed E-state index contributed by atoms with van der Waals surface area (Å²) in [6, 6.07) is 0. The minimum absolute atomic E-state index is 0.0672. The van der Waals surface area contributed by atoms with Crippen molar-refractivity contribution in [2.24, 2.45) is 0 Å². The van der Waals surface area contributed by atoms with Gasteiger partial charge in [0.1, 0.15) is 5.56 Å². The van der Waals surface area contributed by atoms with Crippen LogP contribution in [-0.2, 0) is 4.79 Å². The van der Waals surface area contributed by atoms with Crippen molar-refractivity contribution in [2.75, 3.05) is 6.54 Å². The van der Waals surface area contributed by atoms with Gasteiger partial charge in [0.2, 0.25) is 0 Å². The first-order chi connectivity index (χ1) is 8.00. The molecule has 1 aromatic rings. The van der Waals surface area contributed by atoms with Crippen LogP contribution in [0, 0.1) is 0 Å². The number of aromatic amines is 2. The van der Waals surface area contributed by atoms with Crippen molar-refractivity contribution < 1.29 is 14.7 Å². The fraction of sp³-hybridized carbons (Fsp3) is 0.333. The number of rotatable bonds is 5. The van der Waals surface area contributed by atoms with Crippen LogP contribution < -0.4 is 16.6 Å². The molecule has 0 fully saturated rings. The molecule has 1 rings (SSSR count). The maximum atomic E-state index is 11.4. The molecule has 1 heterocycles. The van der Waals surface area contributed by atoms with Gasteiger partial charge in [-0.2, -0.15) is 0 Å². The Morgan fingerprint density at radius 3 is 2.65 bits per heavy atom. The summed E-state index contributed by atoms with van der Waals surface area (Å²) in [6.07, 6.45) is 1.21. The van der Waals surface area contributed by atoms with E-state index in [1.165, 1.54) is 0 Å². The van der Waals surface area contributed by atoms with Gasteiger partial charge in [0.15, 0.2) is 0 Å². The van der Waals surface area contributed by atoms with Crippen LogP contribution in [-0.4, -0.2) is 33.5 Å². The van der Waals surface area contributed by atoms with Gasteiger partial charge in [-0.25, -0.2) is 4.79 Å². The molecule has 1 aromatic heterocycles. The first kappa shape index (κ1) is 12.7. The van der Waals surface area contributed by atoms with Crippen LogP contribution in [0.15, 0.2) is 15.8 Å². The maximum absolute atomic E-state index is 11.4. The van der Waals surface area contributed by atoms with Crippen LogP contribution in [0.25, 0.3) is 0 Å². The lowest BCUT2D eigenvalue weighted by atomic mass is 10.3. The molecular formula is C9H11N3O5. The Hall–Kier alpha value is -2.38. The summed E-state index contributed by atoms with van der Waals surface area (Å²) in [5.74, 6) is -1.62. The molecule has 8 heteroatoms. The number of carboxylic acid groups (broad SMARTS) is 1. The summed E-state index contributed by atoms with van der Waals surface area (Å²) in [5.41, 5.74) is -1.71. The molecule has 0 unspecified atom stereocenters. The third kappa shape index (κ3) is 3.93. The molecule has 0 saturated carbocycles. The molecule has 17 heavy (non-hydrogen) atoms. The van der Waals surface area contributed by atoms with Gasteiger partial charge in [-0.05, 0) is 6.42 Å². The van der Waals surface area contributed by atoms with E-state index in [-0.39, 0.29) is 24.9 Å². The van der Waals surface area contributed by atoms with Crippen LogP contribution in [0.1, 0.15) is 23.2 Å². The Kier molecular flexibility index (Phi) is 4.21. The van der Waals surface area contributed by atoms with Gasteiger partial charge >= 0.3 is 11.7 Å². The van der Waals surface area contributed by atoms with Crippen LogP contribution in [0.4, 0.5) is 0 Å². The smallest absolute Gasteiger partial charge is 0.325 e. The second kappa shape index (κ2) is 5.64. The van der Waals surface area contributed by atoms with E-state index >= 15 is 0 Å². The topological polar surface area (TPSA) is 132 Å². The summed E-state index contributed by atoms with van der Waals surface area (Å²) in [6.45, 7) is 0.143. The average Bonchev–Trinajstić information content (AvgIpc) is 2.23. The van der Waals surface area contributed by atoms with Crippen molar-refractivity contribution >= 4 is 11.9 Å². The zero-order valence-corrected chi connectivity index (χ0v) is 8.78. The number of carboxylic acids is 1. The number of hydrogen-bond donors (Lipinski definition) is 4. The summed E-state index contributed by atoms with van der Waals surface area (Å²) in [5, 5.41) is 10.7.